The fourth-order valence-electron chi connectivity index (χ4n) is 8.90. The lowest BCUT2D eigenvalue weighted by atomic mass is 9.81. The van der Waals surface area contributed by atoms with Crippen molar-refractivity contribution in [2.75, 3.05) is 0 Å². The number of rotatable bonds is 3. The molecule has 0 atom stereocenters. The Balaban J connectivity index is 1.31. The molecule has 0 unspecified atom stereocenters. The van der Waals surface area contributed by atoms with Crippen LogP contribution in [0.2, 0.25) is 0 Å². The maximum absolute atomic E-state index is 11.7. The summed E-state index contributed by atoms with van der Waals surface area (Å²) in [6, 6.07) is 33.9. The Morgan fingerprint density at radius 3 is 1.46 bits per heavy atom. The van der Waals surface area contributed by atoms with Gasteiger partial charge >= 0.3 is 0 Å². The highest BCUT2D eigenvalue weighted by Gasteiger charge is 2.37. The third-order valence-corrected chi connectivity index (χ3v) is 11.6. The minimum Gasteiger partial charge on any atom is -0.504 e. The monoisotopic (exact) mass is 740 g/mol. The molecule has 1 heterocycles. The summed E-state index contributed by atoms with van der Waals surface area (Å²) in [6.45, 7) is 4.21. The van der Waals surface area contributed by atoms with Crippen LogP contribution < -0.4 is 0 Å². The first-order valence-corrected chi connectivity index (χ1v) is 17.9. The van der Waals surface area contributed by atoms with E-state index in [1.54, 1.807) is 18.2 Å². The predicted molar refractivity (Wildman–Crippen MR) is 216 cm³/mol. The number of benzene rings is 8. The van der Waals surface area contributed by atoms with Gasteiger partial charge in [-0.3, -0.25) is 0 Å². The average Bonchev–Trinajstić information content (AvgIpc) is 3.71. The molecule has 0 fully saturated rings. The van der Waals surface area contributed by atoms with E-state index >= 15 is 0 Å². The van der Waals surface area contributed by atoms with Crippen LogP contribution in [0.1, 0.15) is 25.0 Å². The second-order valence-electron chi connectivity index (χ2n) is 14.8. The molecule has 56 heavy (non-hydrogen) atoms. The highest BCUT2D eigenvalue weighted by atomic mass is 16.4. The van der Waals surface area contributed by atoms with Crippen LogP contribution in [-0.2, 0) is 5.41 Å². The predicted octanol–water partition coefficient (Wildman–Crippen LogP) is 10.8. The molecule has 8 N–H and O–H groups in total. The van der Waals surface area contributed by atoms with Crippen molar-refractivity contribution in [1.82, 2.24) is 0 Å². The third-order valence-electron chi connectivity index (χ3n) is 11.6. The van der Waals surface area contributed by atoms with Gasteiger partial charge in [0.15, 0.2) is 23.0 Å². The first kappa shape index (κ1) is 33.1. The van der Waals surface area contributed by atoms with Gasteiger partial charge in [-0.15, -0.1) is 0 Å². The minimum atomic E-state index is -1.02. The summed E-state index contributed by atoms with van der Waals surface area (Å²) < 4.78 is 6.10. The van der Waals surface area contributed by atoms with Crippen LogP contribution in [0.4, 0.5) is 0 Å². The van der Waals surface area contributed by atoms with Gasteiger partial charge in [0, 0.05) is 48.9 Å². The average molecular weight is 741 g/mol. The minimum absolute atomic E-state index is 0.00470. The van der Waals surface area contributed by atoms with Crippen LogP contribution in [0, 0.1) is 0 Å². The maximum atomic E-state index is 11.7. The van der Waals surface area contributed by atoms with Gasteiger partial charge in [-0.25, -0.2) is 0 Å². The molecular weight excluding hydrogens is 709 g/mol. The van der Waals surface area contributed by atoms with Gasteiger partial charge < -0.3 is 45.3 Å². The Bertz CT molecular complexity index is 3110. The zero-order valence-corrected chi connectivity index (χ0v) is 29.9. The summed E-state index contributed by atoms with van der Waals surface area (Å²) in [5.74, 6) is -7.38. The van der Waals surface area contributed by atoms with Crippen LogP contribution in [0.5, 0.6) is 46.0 Å². The molecule has 9 nitrogen and oxygen atoms in total. The van der Waals surface area contributed by atoms with Gasteiger partial charge in [-0.05, 0) is 62.7 Å². The molecule has 9 aromatic rings. The Labute approximate surface area is 318 Å². The molecule has 1 aliphatic carbocycles. The molecule has 8 aromatic carbocycles. The van der Waals surface area contributed by atoms with Crippen molar-refractivity contribution in [2.24, 2.45) is 0 Å². The van der Waals surface area contributed by atoms with Crippen LogP contribution in [0.3, 0.4) is 0 Å². The van der Waals surface area contributed by atoms with Crippen molar-refractivity contribution in [2.45, 2.75) is 19.3 Å². The summed E-state index contributed by atoms with van der Waals surface area (Å²) in [5, 5.41) is 91.9. The lowest BCUT2D eigenvalue weighted by Gasteiger charge is -2.23. The largest absolute Gasteiger partial charge is 0.504 e. The molecule has 1 aliphatic rings. The molecular formula is C47H32O9. The smallest absolute Gasteiger partial charge is 0.204 e. The first-order chi connectivity index (χ1) is 26.9. The number of aromatic hydroxyl groups is 8. The molecule has 274 valence electrons. The molecule has 9 heteroatoms. The molecule has 0 saturated heterocycles. The molecule has 1 aromatic heterocycles. The molecule has 0 aliphatic heterocycles. The fraction of sp³-hybridized carbons (Fsp3) is 0.0638. The molecule has 0 saturated carbocycles. The van der Waals surface area contributed by atoms with Gasteiger partial charge in [0.25, 0.3) is 0 Å². The van der Waals surface area contributed by atoms with Crippen molar-refractivity contribution in [3.05, 3.63) is 120 Å². The van der Waals surface area contributed by atoms with Crippen molar-refractivity contribution >= 4 is 43.5 Å². The normalized spacial score (nSPS) is 13.2. The number of phenols is 8. The third kappa shape index (κ3) is 4.19. The number of hydrogen-bond donors (Lipinski definition) is 8. The van der Waals surface area contributed by atoms with E-state index in [0.717, 1.165) is 49.7 Å². The highest BCUT2D eigenvalue weighted by Crippen LogP contribution is 2.62. The Hall–Kier alpha value is -7.52. The molecule has 0 bridgehead atoms. The Morgan fingerprint density at radius 2 is 0.839 bits per heavy atom. The summed E-state index contributed by atoms with van der Waals surface area (Å²) in [7, 11) is 0. The maximum Gasteiger partial charge on any atom is 0.204 e. The standard InChI is InChI=1S/C47H32O9/c1-47(2)28-11-5-3-8-25(28)27-20-23(18-19-29(27)47)33-37-35(39(48)43(52)45(54)41(37)50)32(36-38(33)42(51)46(55)44(53)40(36)49)22-16-14-21(15-17-22)24-10-7-13-31-34(24)26-9-4-6-12-30(26)56-31/h3-20,48-55H,1-2H3. The highest BCUT2D eigenvalue weighted by molar-refractivity contribution is 6.29. The zero-order chi connectivity index (χ0) is 38.9. The van der Waals surface area contributed by atoms with Crippen molar-refractivity contribution < 1.29 is 45.3 Å². The fourth-order valence-corrected chi connectivity index (χ4v) is 8.90. The van der Waals surface area contributed by atoms with Crippen LogP contribution >= 0.6 is 0 Å². The van der Waals surface area contributed by atoms with Crippen LogP contribution in [0.15, 0.2) is 114 Å². The molecule has 0 radical (unpaired) electrons. The number of furan rings is 1. The van der Waals surface area contributed by atoms with E-state index in [1.165, 1.54) is 0 Å². The van der Waals surface area contributed by atoms with Crippen molar-refractivity contribution in [3.63, 3.8) is 0 Å². The SMILES string of the molecule is CC1(C)c2ccccc2-c2cc(-c3c4c(O)c(O)c(O)c(O)c4c(-c4ccc(-c5cccc6oc7ccccc7c56)cc4)c4c(O)c(O)c(O)c(O)c34)ccc21. The van der Waals surface area contributed by atoms with Gasteiger partial charge in [-0.2, -0.15) is 0 Å². The summed E-state index contributed by atoms with van der Waals surface area (Å²) >= 11 is 0. The second kappa shape index (κ2) is 11.3. The number of fused-ring (bicyclic) bond motifs is 8. The van der Waals surface area contributed by atoms with E-state index < -0.39 is 46.0 Å². The number of hydrogen-bond acceptors (Lipinski definition) is 9. The van der Waals surface area contributed by atoms with Crippen LogP contribution in [0.25, 0.3) is 88.0 Å². The summed E-state index contributed by atoms with van der Waals surface area (Å²) in [6.07, 6.45) is 0. The van der Waals surface area contributed by atoms with E-state index in [9.17, 15) is 40.9 Å². The van der Waals surface area contributed by atoms with E-state index in [0.29, 0.717) is 16.7 Å². The Morgan fingerprint density at radius 1 is 0.375 bits per heavy atom. The molecule has 10 rings (SSSR count). The topological polar surface area (TPSA) is 175 Å². The lowest BCUT2D eigenvalue weighted by Crippen LogP contribution is -2.14. The lowest BCUT2D eigenvalue weighted by molar-refractivity contribution is 0.350. The van der Waals surface area contributed by atoms with E-state index in [4.69, 9.17) is 4.42 Å². The van der Waals surface area contributed by atoms with Crippen molar-refractivity contribution in [3.8, 4) is 90.5 Å². The molecule has 0 amide bonds. The van der Waals surface area contributed by atoms with Crippen molar-refractivity contribution in [1.29, 1.82) is 0 Å². The van der Waals surface area contributed by atoms with Gasteiger partial charge in [0.05, 0.1) is 0 Å². The summed E-state index contributed by atoms with van der Waals surface area (Å²) in [5.41, 5.74) is 7.31. The number of phenolic OH excluding ortho intramolecular Hbond substituents is 8. The van der Waals surface area contributed by atoms with Gasteiger partial charge in [0.1, 0.15) is 11.2 Å². The first-order valence-electron chi connectivity index (χ1n) is 17.9. The molecule has 0 spiro atoms. The Kier molecular flexibility index (Phi) is 6.65. The zero-order valence-electron chi connectivity index (χ0n) is 29.9. The van der Waals surface area contributed by atoms with E-state index in [-0.39, 0.29) is 38.1 Å². The van der Waals surface area contributed by atoms with E-state index in [1.807, 2.05) is 91.0 Å². The number of para-hydroxylation sites is 1. The quantitative estimate of drug-likeness (QED) is 0.0498. The summed E-state index contributed by atoms with van der Waals surface area (Å²) in [4.78, 5) is 0. The van der Waals surface area contributed by atoms with Crippen LogP contribution in [-0.4, -0.2) is 40.9 Å². The van der Waals surface area contributed by atoms with Gasteiger partial charge in [-0.1, -0.05) is 105 Å². The van der Waals surface area contributed by atoms with Gasteiger partial charge in [0.2, 0.25) is 23.0 Å². The second-order valence-corrected chi connectivity index (χ2v) is 14.8. The van der Waals surface area contributed by atoms with E-state index in [2.05, 4.69) is 13.8 Å².